The van der Waals surface area contributed by atoms with Gasteiger partial charge in [-0.05, 0) is 96.6 Å². The summed E-state index contributed by atoms with van der Waals surface area (Å²) in [5.41, 5.74) is 8.13. The van der Waals surface area contributed by atoms with Crippen LogP contribution in [0, 0.1) is 6.92 Å². The first kappa shape index (κ1) is 39.9. The van der Waals surface area contributed by atoms with E-state index in [1.54, 1.807) is 60.4 Å². The minimum absolute atomic E-state index is 0.0881. The van der Waals surface area contributed by atoms with Crippen molar-refractivity contribution < 1.29 is 33.7 Å². The van der Waals surface area contributed by atoms with Crippen LogP contribution in [0.5, 0.6) is 11.5 Å². The smallest absolute Gasteiger partial charge is 0.415 e. The van der Waals surface area contributed by atoms with E-state index in [4.69, 9.17) is 14.2 Å². The van der Waals surface area contributed by atoms with Crippen LogP contribution in [0.2, 0.25) is 0 Å². The maximum Gasteiger partial charge on any atom is 0.415 e. The number of aromatic nitrogens is 1. The fourth-order valence-corrected chi connectivity index (χ4v) is 8.56. The highest BCUT2D eigenvalue weighted by Gasteiger charge is 2.35. The number of methoxy groups -OCH3 is 1. The van der Waals surface area contributed by atoms with Gasteiger partial charge in [0.1, 0.15) is 11.5 Å². The third kappa shape index (κ3) is 8.47. The summed E-state index contributed by atoms with van der Waals surface area (Å²) < 4.78 is 19.1. The lowest BCUT2D eigenvalue weighted by Crippen LogP contribution is -2.52. The maximum atomic E-state index is 15.5. The van der Waals surface area contributed by atoms with E-state index in [0.717, 1.165) is 53.2 Å². The molecule has 0 unspecified atom stereocenters. The number of fused-ring (bicyclic) bond motifs is 2. The Balaban J connectivity index is 1.22. The van der Waals surface area contributed by atoms with Gasteiger partial charge in [-0.25, -0.2) is 4.79 Å². The number of phenolic OH excluding ortho intramolecular Hbond substituents is 1. The van der Waals surface area contributed by atoms with Gasteiger partial charge in [0.2, 0.25) is 0 Å². The number of hydrogen-bond donors (Lipinski definition) is 1. The van der Waals surface area contributed by atoms with E-state index in [2.05, 4.69) is 33.7 Å². The van der Waals surface area contributed by atoms with Gasteiger partial charge in [0.25, 0.3) is 11.8 Å². The van der Waals surface area contributed by atoms with Gasteiger partial charge >= 0.3 is 6.09 Å². The normalized spacial score (nSPS) is 16.6. The average molecular weight is 798 g/mol. The summed E-state index contributed by atoms with van der Waals surface area (Å²) in [5, 5.41) is 9.90. The summed E-state index contributed by atoms with van der Waals surface area (Å²) in [7, 11) is 3.36. The molecule has 0 bridgehead atoms. The predicted molar refractivity (Wildman–Crippen MR) is 225 cm³/mol. The van der Waals surface area contributed by atoms with Crippen LogP contribution < -0.4 is 9.64 Å². The van der Waals surface area contributed by atoms with Crippen molar-refractivity contribution in [1.29, 1.82) is 0 Å². The second kappa shape index (κ2) is 17.5. The first-order chi connectivity index (χ1) is 28.7. The number of anilines is 1. The Morgan fingerprint density at radius 2 is 1.56 bits per heavy atom. The lowest BCUT2D eigenvalue weighted by Gasteiger charge is -2.41. The molecule has 59 heavy (non-hydrogen) atoms. The van der Waals surface area contributed by atoms with Crippen molar-refractivity contribution in [3.05, 3.63) is 136 Å². The van der Waals surface area contributed by atoms with Crippen LogP contribution in [0.25, 0.3) is 11.3 Å². The fraction of sp³-hybridized carbons (Fsp3) is 0.340. The number of phenols is 1. The third-order valence-electron chi connectivity index (χ3n) is 11.9. The first-order valence-electron chi connectivity index (χ1n) is 20.3. The number of nitrogens with zero attached hydrogens (tertiary/aromatic N) is 5. The maximum absolute atomic E-state index is 15.5. The summed E-state index contributed by atoms with van der Waals surface area (Å²) in [6.45, 7) is 7.61. The quantitative estimate of drug-likeness (QED) is 0.169. The molecule has 8 rings (SSSR count). The first-order valence-corrected chi connectivity index (χ1v) is 20.3. The average Bonchev–Trinajstić information content (AvgIpc) is 3.59. The molecular formula is C47H51N5O7. The van der Waals surface area contributed by atoms with Gasteiger partial charge in [-0.15, -0.1) is 0 Å². The molecule has 5 aromatic rings. The zero-order valence-electron chi connectivity index (χ0n) is 33.9. The van der Waals surface area contributed by atoms with Gasteiger partial charge in [-0.3, -0.25) is 14.5 Å². The monoisotopic (exact) mass is 797 g/mol. The van der Waals surface area contributed by atoms with Gasteiger partial charge in [-0.1, -0.05) is 42.5 Å². The molecule has 3 aliphatic rings. The number of morpholine rings is 1. The SMILES string of the molecule is COCCn1c(-c2cc3c(cc2C(=O)N2Cc4ccccc4C[C@H]2CN2CCOCC2)CN(C(=O)Oc2ccccc2)CC3)cc(C(=O)N(C)c2ccc(O)cc2)c1C. The lowest BCUT2D eigenvalue weighted by molar-refractivity contribution is 0.0193. The highest BCUT2D eigenvalue weighted by atomic mass is 16.6. The van der Waals surface area contributed by atoms with Crippen molar-refractivity contribution >= 4 is 23.6 Å². The van der Waals surface area contributed by atoms with Crippen LogP contribution >= 0.6 is 0 Å². The minimum Gasteiger partial charge on any atom is -0.508 e. The number of benzene rings is 4. The van der Waals surface area contributed by atoms with E-state index >= 15 is 4.79 Å². The highest BCUT2D eigenvalue weighted by molar-refractivity contribution is 6.08. The second-order valence-corrected chi connectivity index (χ2v) is 15.5. The molecule has 3 amide bonds. The standard InChI is InChI=1S/C47H51N5O7/c1-32-41(45(54)48(2)37-13-15-39(53)16-14-37)28-44(51(32)21-22-57-3)42-26-34-17-18-50(47(56)59-40-11-5-4-6-12-40)29-36(34)27-43(42)46(55)52-30-35-10-8-7-9-33(35)25-38(52)31-49-19-23-58-24-20-49/h4-16,26-28,38,53H,17-25,29-31H2,1-3H3/t38-/m0/s1. The van der Waals surface area contributed by atoms with Crippen LogP contribution in [0.1, 0.15) is 48.7 Å². The van der Waals surface area contributed by atoms with E-state index in [0.29, 0.717) is 75.0 Å². The lowest BCUT2D eigenvalue weighted by atomic mass is 9.89. The minimum atomic E-state index is -0.443. The van der Waals surface area contributed by atoms with Crippen LogP contribution in [0.15, 0.2) is 97.1 Å². The van der Waals surface area contributed by atoms with E-state index in [1.807, 2.05) is 48.2 Å². The molecule has 12 nitrogen and oxygen atoms in total. The highest BCUT2D eigenvalue weighted by Crippen LogP contribution is 2.37. The molecule has 1 N–H and O–H groups in total. The Morgan fingerprint density at radius 3 is 2.31 bits per heavy atom. The van der Waals surface area contributed by atoms with Gasteiger partial charge < -0.3 is 38.6 Å². The molecule has 1 atom stereocenters. The van der Waals surface area contributed by atoms with Crippen molar-refractivity contribution in [2.75, 3.05) is 65.1 Å². The number of rotatable bonds is 10. The molecule has 306 valence electrons. The molecule has 0 radical (unpaired) electrons. The molecule has 3 aliphatic heterocycles. The number of ether oxygens (including phenoxy) is 3. The van der Waals surface area contributed by atoms with Gasteiger partial charge in [-0.2, -0.15) is 0 Å². The number of amides is 3. The Morgan fingerprint density at radius 1 is 0.831 bits per heavy atom. The molecule has 1 fully saturated rings. The van der Waals surface area contributed by atoms with E-state index < -0.39 is 6.09 Å². The van der Waals surface area contributed by atoms with Crippen LogP contribution in [0.4, 0.5) is 10.5 Å². The summed E-state index contributed by atoms with van der Waals surface area (Å²) >= 11 is 0. The Labute approximate surface area is 345 Å². The molecule has 0 saturated carbocycles. The fourth-order valence-electron chi connectivity index (χ4n) is 8.56. The number of hydrogen-bond acceptors (Lipinski definition) is 8. The summed E-state index contributed by atoms with van der Waals surface area (Å²) in [6, 6.07) is 29.8. The van der Waals surface area contributed by atoms with E-state index in [-0.39, 0.29) is 30.2 Å². The van der Waals surface area contributed by atoms with Crippen molar-refractivity contribution in [2.45, 2.75) is 45.4 Å². The number of carbonyl (C=O) groups excluding carboxylic acids is 3. The number of aromatic hydroxyl groups is 1. The van der Waals surface area contributed by atoms with E-state index in [9.17, 15) is 14.7 Å². The molecule has 0 aliphatic carbocycles. The molecule has 1 saturated heterocycles. The molecule has 0 spiro atoms. The Kier molecular flexibility index (Phi) is 11.8. The Bertz CT molecular complexity index is 2320. The van der Waals surface area contributed by atoms with Crippen molar-refractivity contribution in [3.63, 3.8) is 0 Å². The largest absolute Gasteiger partial charge is 0.508 e. The predicted octanol–water partition coefficient (Wildman–Crippen LogP) is 6.55. The van der Waals surface area contributed by atoms with Gasteiger partial charge in [0.15, 0.2) is 0 Å². The van der Waals surface area contributed by atoms with Crippen LogP contribution in [-0.4, -0.2) is 108 Å². The summed E-state index contributed by atoms with van der Waals surface area (Å²) in [4.78, 5) is 50.9. The second-order valence-electron chi connectivity index (χ2n) is 15.5. The molecular weight excluding hydrogens is 747 g/mol. The molecule has 12 heteroatoms. The third-order valence-corrected chi connectivity index (χ3v) is 11.9. The molecule has 1 aromatic heterocycles. The van der Waals surface area contributed by atoms with E-state index in [1.165, 1.54) is 5.56 Å². The van der Waals surface area contributed by atoms with Crippen LogP contribution in [0.3, 0.4) is 0 Å². The van der Waals surface area contributed by atoms with Crippen molar-refractivity contribution in [1.82, 2.24) is 19.3 Å². The van der Waals surface area contributed by atoms with Gasteiger partial charge in [0, 0.05) is 94.2 Å². The van der Waals surface area contributed by atoms with Crippen molar-refractivity contribution in [2.24, 2.45) is 0 Å². The number of carbonyl (C=O) groups is 3. The molecule has 4 heterocycles. The Hall–Kier alpha value is -5.95. The summed E-state index contributed by atoms with van der Waals surface area (Å²) in [6.07, 6.45) is 0.844. The van der Waals surface area contributed by atoms with Crippen LogP contribution in [-0.2, 0) is 41.9 Å². The molecule has 4 aromatic carbocycles. The zero-order chi connectivity index (χ0) is 41.0. The van der Waals surface area contributed by atoms with Crippen molar-refractivity contribution in [3.8, 4) is 22.8 Å². The summed E-state index contributed by atoms with van der Waals surface area (Å²) in [5.74, 6) is 0.261. The topological polar surface area (TPSA) is 117 Å². The number of para-hydroxylation sites is 1. The van der Waals surface area contributed by atoms with Gasteiger partial charge in [0.05, 0.1) is 25.4 Å². The zero-order valence-corrected chi connectivity index (χ0v) is 33.9.